The lowest BCUT2D eigenvalue weighted by Crippen LogP contribution is -2.40. The Bertz CT molecular complexity index is 754. The SMILES string of the molecule is COc1ccc(NC(=S)N2CCC(CCc3cc(F)cc(F)c3)CC2)cc1. The number of nitrogens with one attached hydrogen (secondary N) is 1. The maximum Gasteiger partial charge on any atom is 0.173 e. The van der Waals surface area contributed by atoms with E-state index >= 15 is 0 Å². The number of hydrogen-bond acceptors (Lipinski definition) is 2. The van der Waals surface area contributed by atoms with Crippen molar-refractivity contribution in [2.45, 2.75) is 25.7 Å². The maximum atomic E-state index is 13.3. The van der Waals surface area contributed by atoms with Crippen LogP contribution in [0.4, 0.5) is 14.5 Å². The number of piperidine rings is 1. The van der Waals surface area contributed by atoms with Crippen molar-refractivity contribution in [1.29, 1.82) is 0 Å². The Hall–Kier alpha value is -2.21. The van der Waals surface area contributed by atoms with E-state index in [1.165, 1.54) is 12.1 Å². The van der Waals surface area contributed by atoms with E-state index in [0.29, 0.717) is 12.3 Å². The summed E-state index contributed by atoms with van der Waals surface area (Å²) >= 11 is 5.53. The molecule has 1 N–H and O–H groups in total. The first-order chi connectivity index (χ1) is 13.0. The van der Waals surface area contributed by atoms with Gasteiger partial charge < -0.3 is 15.0 Å². The van der Waals surface area contributed by atoms with Gasteiger partial charge in [-0.05, 0) is 85.8 Å². The van der Waals surface area contributed by atoms with Gasteiger partial charge in [-0.2, -0.15) is 0 Å². The van der Waals surface area contributed by atoms with E-state index in [0.717, 1.165) is 60.5 Å². The van der Waals surface area contributed by atoms with Crippen LogP contribution in [0.5, 0.6) is 5.75 Å². The molecular weight excluding hydrogens is 366 g/mol. The zero-order valence-electron chi connectivity index (χ0n) is 15.4. The van der Waals surface area contributed by atoms with Crippen LogP contribution < -0.4 is 10.1 Å². The lowest BCUT2D eigenvalue weighted by atomic mass is 9.90. The highest BCUT2D eigenvalue weighted by Gasteiger charge is 2.21. The number of aryl methyl sites for hydroxylation is 1. The molecule has 0 saturated carbocycles. The first kappa shape index (κ1) is 19.5. The van der Waals surface area contributed by atoms with E-state index in [1.807, 2.05) is 24.3 Å². The third-order valence-electron chi connectivity index (χ3n) is 5.01. The summed E-state index contributed by atoms with van der Waals surface area (Å²) in [6, 6.07) is 11.4. The van der Waals surface area contributed by atoms with Gasteiger partial charge in [0, 0.05) is 24.8 Å². The van der Waals surface area contributed by atoms with Crippen molar-refractivity contribution in [3.05, 3.63) is 59.7 Å². The number of benzene rings is 2. The lowest BCUT2D eigenvalue weighted by Gasteiger charge is -2.34. The number of ether oxygens (including phenoxy) is 1. The Labute approximate surface area is 164 Å². The summed E-state index contributed by atoms with van der Waals surface area (Å²) in [6.45, 7) is 1.79. The molecular formula is C21H24F2N2OS. The maximum absolute atomic E-state index is 13.3. The van der Waals surface area contributed by atoms with Crippen LogP contribution in [0.2, 0.25) is 0 Å². The topological polar surface area (TPSA) is 24.5 Å². The molecule has 6 heteroatoms. The number of nitrogens with zero attached hydrogens (tertiary/aromatic N) is 1. The normalized spacial score (nSPS) is 14.9. The summed E-state index contributed by atoms with van der Waals surface area (Å²) < 4.78 is 31.7. The van der Waals surface area contributed by atoms with E-state index < -0.39 is 11.6 Å². The molecule has 0 bridgehead atoms. The van der Waals surface area contributed by atoms with E-state index in [-0.39, 0.29) is 0 Å². The summed E-state index contributed by atoms with van der Waals surface area (Å²) in [5.74, 6) is 0.353. The van der Waals surface area contributed by atoms with Gasteiger partial charge in [-0.25, -0.2) is 8.78 Å². The zero-order chi connectivity index (χ0) is 19.2. The Morgan fingerprint density at radius 2 is 1.74 bits per heavy atom. The Balaban J connectivity index is 1.44. The van der Waals surface area contributed by atoms with Gasteiger partial charge in [-0.15, -0.1) is 0 Å². The minimum absolute atomic E-state index is 0.505. The number of hydrogen-bond donors (Lipinski definition) is 1. The molecule has 0 amide bonds. The van der Waals surface area contributed by atoms with Gasteiger partial charge in [0.15, 0.2) is 5.11 Å². The second-order valence-corrected chi connectivity index (χ2v) is 7.29. The van der Waals surface area contributed by atoms with Gasteiger partial charge in [0.2, 0.25) is 0 Å². The van der Waals surface area contributed by atoms with Crippen molar-refractivity contribution in [1.82, 2.24) is 4.90 Å². The first-order valence-electron chi connectivity index (χ1n) is 9.18. The molecule has 1 heterocycles. The van der Waals surface area contributed by atoms with Crippen molar-refractivity contribution in [3.63, 3.8) is 0 Å². The number of thiocarbonyl (C=S) groups is 1. The monoisotopic (exact) mass is 390 g/mol. The molecule has 0 aliphatic carbocycles. The highest BCUT2D eigenvalue weighted by molar-refractivity contribution is 7.80. The fraction of sp³-hybridized carbons (Fsp3) is 0.381. The summed E-state index contributed by atoms with van der Waals surface area (Å²) in [4.78, 5) is 2.18. The van der Waals surface area contributed by atoms with Crippen LogP contribution in [0.15, 0.2) is 42.5 Å². The van der Waals surface area contributed by atoms with E-state index in [2.05, 4.69) is 10.2 Å². The quantitative estimate of drug-likeness (QED) is 0.725. The van der Waals surface area contributed by atoms with E-state index in [4.69, 9.17) is 17.0 Å². The van der Waals surface area contributed by atoms with Crippen molar-refractivity contribution in [2.75, 3.05) is 25.5 Å². The fourth-order valence-electron chi connectivity index (χ4n) is 3.43. The molecule has 144 valence electrons. The number of rotatable bonds is 5. The first-order valence-corrected chi connectivity index (χ1v) is 9.59. The van der Waals surface area contributed by atoms with Crippen LogP contribution in [-0.2, 0) is 6.42 Å². The van der Waals surface area contributed by atoms with Gasteiger partial charge in [-0.3, -0.25) is 0 Å². The predicted octanol–water partition coefficient (Wildman–Crippen LogP) is 5.02. The molecule has 0 radical (unpaired) electrons. The molecule has 3 nitrogen and oxygen atoms in total. The molecule has 2 aromatic carbocycles. The molecule has 2 aromatic rings. The van der Waals surface area contributed by atoms with Crippen molar-refractivity contribution in [2.24, 2.45) is 5.92 Å². The molecule has 3 rings (SSSR count). The van der Waals surface area contributed by atoms with Gasteiger partial charge in [0.25, 0.3) is 0 Å². The largest absolute Gasteiger partial charge is 0.497 e. The molecule has 0 spiro atoms. The molecule has 0 unspecified atom stereocenters. The van der Waals surface area contributed by atoms with Gasteiger partial charge in [0.1, 0.15) is 17.4 Å². The third kappa shape index (κ3) is 5.63. The number of halogens is 2. The van der Waals surface area contributed by atoms with E-state index in [9.17, 15) is 8.78 Å². The smallest absolute Gasteiger partial charge is 0.173 e. The Morgan fingerprint density at radius 3 is 2.33 bits per heavy atom. The van der Waals surface area contributed by atoms with Gasteiger partial charge >= 0.3 is 0 Å². The Kier molecular flexibility index (Phi) is 6.61. The van der Waals surface area contributed by atoms with Crippen LogP contribution in [0.25, 0.3) is 0 Å². The van der Waals surface area contributed by atoms with Crippen LogP contribution in [-0.4, -0.2) is 30.2 Å². The van der Waals surface area contributed by atoms with Crippen molar-refractivity contribution < 1.29 is 13.5 Å². The summed E-state index contributed by atoms with van der Waals surface area (Å²) in [5.41, 5.74) is 1.67. The Morgan fingerprint density at radius 1 is 1.11 bits per heavy atom. The third-order valence-corrected chi connectivity index (χ3v) is 5.37. The van der Waals surface area contributed by atoms with Crippen LogP contribution in [0, 0.1) is 17.6 Å². The number of anilines is 1. The molecule has 1 fully saturated rings. The molecule has 1 aliphatic rings. The van der Waals surface area contributed by atoms with Crippen LogP contribution in [0.1, 0.15) is 24.8 Å². The number of methoxy groups -OCH3 is 1. The average molecular weight is 390 g/mol. The second-order valence-electron chi connectivity index (χ2n) is 6.91. The van der Waals surface area contributed by atoms with Crippen LogP contribution in [0.3, 0.4) is 0 Å². The van der Waals surface area contributed by atoms with Gasteiger partial charge in [0.05, 0.1) is 7.11 Å². The molecule has 1 aliphatic heterocycles. The lowest BCUT2D eigenvalue weighted by molar-refractivity contribution is 0.258. The minimum Gasteiger partial charge on any atom is -0.497 e. The van der Waals surface area contributed by atoms with E-state index in [1.54, 1.807) is 7.11 Å². The summed E-state index contributed by atoms with van der Waals surface area (Å²) in [5, 5.41) is 3.99. The minimum atomic E-state index is -0.505. The standard InChI is InChI=1S/C21H24F2N2OS/c1-26-20-6-4-19(5-7-20)24-21(27)25-10-8-15(9-11-25)2-3-16-12-17(22)14-18(23)13-16/h4-7,12-15H,2-3,8-11H2,1H3,(H,24,27). The summed E-state index contributed by atoms with van der Waals surface area (Å²) in [7, 11) is 1.64. The average Bonchev–Trinajstić information content (AvgIpc) is 2.66. The van der Waals surface area contributed by atoms with Crippen molar-refractivity contribution >= 4 is 23.0 Å². The summed E-state index contributed by atoms with van der Waals surface area (Å²) in [6.07, 6.45) is 3.70. The van der Waals surface area contributed by atoms with Crippen molar-refractivity contribution in [3.8, 4) is 5.75 Å². The molecule has 0 atom stereocenters. The highest BCUT2D eigenvalue weighted by Crippen LogP contribution is 2.24. The number of likely N-dealkylation sites (tertiary alicyclic amines) is 1. The molecule has 27 heavy (non-hydrogen) atoms. The van der Waals surface area contributed by atoms with Gasteiger partial charge in [-0.1, -0.05) is 0 Å². The second kappa shape index (κ2) is 9.13. The fourth-order valence-corrected chi connectivity index (χ4v) is 3.73. The predicted molar refractivity (Wildman–Crippen MR) is 108 cm³/mol. The van der Waals surface area contributed by atoms with Crippen LogP contribution >= 0.6 is 12.2 Å². The molecule has 0 aromatic heterocycles. The zero-order valence-corrected chi connectivity index (χ0v) is 16.2. The highest BCUT2D eigenvalue weighted by atomic mass is 32.1. The molecule has 1 saturated heterocycles.